The molecular formula is C12H16ClNO3. The van der Waals surface area contributed by atoms with Gasteiger partial charge in [-0.25, -0.2) is 0 Å². The second kappa shape index (κ2) is 5.89. The number of hydrogen-bond acceptors (Lipinski definition) is 4. The van der Waals surface area contributed by atoms with E-state index >= 15 is 0 Å². The molecule has 1 aromatic rings. The predicted octanol–water partition coefficient (Wildman–Crippen LogP) is 1.30. The van der Waals surface area contributed by atoms with Gasteiger partial charge in [0.2, 0.25) is 0 Å². The van der Waals surface area contributed by atoms with E-state index in [1.54, 1.807) is 7.11 Å². The Bertz CT molecular complexity index is 409. The van der Waals surface area contributed by atoms with Gasteiger partial charge in [0, 0.05) is 6.54 Å². The summed E-state index contributed by atoms with van der Waals surface area (Å²) in [6.45, 7) is 0.673. The number of carbonyl (C=O) groups is 1. The smallest absolute Gasteiger partial charge is 0.323 e. The molecule has 1 atom stereocenters. The van der Waals surface area contributed by atoms with Crippen LogP contribution in [0.5, 0.6) is 5.75 Å². The summed E-state index contributed by atoms with van der Waals surface area (Å²) in [5.74, 6) is 0.638. The third-order valence-electron chi connectivity index (χ3n) is 2.86. The van der Waals surface area contributed by atoms with Gasteiger partial charge >= 0.3 is 5.97 Å². The SMILES string of the molecule is COC(=O)C1Cc2ccc(OC)cc2CN1.Cl. The van der Waals surface area contributed by atoms with Gasteiger partial charge in [-0.05, 0) is 29.7 Å². The number of benzene rings is 1. The monoisotopic (exact) mass is 257 g/mol. The fourth-order valence-corrected chi connectivity index (χ4v) is 1.93. The van der Waals surface area contributed by atoms with Crippen molar-refractivity contribution in [1.82, 2.24) is 5.32 Å². The minimum Gasteiger partial charge on any atom is -0.497 e. The van der Waals surface area contributed by atoms with Gasteiger partial charge in [0.05, 0.1) is 14.2 Å². The van der Waals surface area contributed by atoms with Crippen LogP contribution in [0.4, 0.5) is 0 Å². The summed E-state index contributed by atoms with van der Waals surface area (Å²) in [4.78, 5) is 11.4. The van der Waals surface area contributed by atoms with Gasteiger partial charge in [-0.15, -0.1) is 12.4 Å². The van der Waals surface area contributed by atoms with E-state index in [0.29, 0.717) is 13.0 Å². The fourth-order valence-electron chi connectivity index (χ4n) is 1.93. The quantitative estimate of drug-likeness (QED) is 0.812. The van der Waals surface area contributed by atoms with Crippen molar-refractivity contribution in [3.05, 3.63) is 29.3 Å². The Kier molecular flexibility index (Phi) is 4.78. The van der Waals surface area contributed by atoms with E-state index in [2.05, 4.69) is 5.32 Å². The minimum atomic E-state index is -0.231. The Hall–Kier alpha value is -1.26. The van der Waals surface area contributed by atoms with Crippen LogP contribution in [0.15, 0.2) is 18.2 Å². The van der Waals surface area contributed by atoms with Gasteiger partial charge in [-0.2, -0.15) is 0 Å². The number of hydrogen-bond donors (Lipinski definition) is 1. The summed E-state index contributed by atoms with van der Waals surface area (Å²) in [7, 11) is 3.06. The molecule has 0 radical (unpaired) electrons. The Morgan fingerprint density at radius 3 is 2.76 bits per heavy atom. The van der Waals surface area contributed by atoms with E-state index in [-0.39, 0.29) is 24.4 Å². The molecule has 0 saturated carbocycles. The molecule has 1 unspecified atom stereocenters. The van der Waals surface area contributed by atoms with Crippen LogP contribution in [0, 0.1) is 0 Å². The lowest BCUT2D eigenvalue weighted by atomic mass is 9.95. The van der Waals surface area contributed by atoms with Crippen molar-refractivity contribution in [2.24, 2.45) is 0 Å². The van der Waals surface area contributed by atoms with Crippen LogP contribution in [0.2, 0.25) is 0 Å². The molecule has 0 aromatic heterocycles. The lowest BCUT2D eigenvalue weighted by molar-refractivity contribution is -0.143. The molecule has 1 aliphatic heterocycles. The Balaban J connectivity index is 0.00000144. The van der Waals surface area contributed by atoms with Crippen molar-refractivity contribution in [2.45, 2.75) is 19.0 Å². The molecule has 1 N–H and O–H groups in total. The van der Waals surface area contributed by atoms with Gasteiger partial charge in [0.25, 0.3) is 0 Å². The van der Waals surface area contributed by atoms with Crippen LogP contribution in [0.3, 0.4) is 0 Å². The highest BCUT2D eigenvalue weighted by Gasteiger charge is 2.24. The molecular weight excluding hydrogens is 242 g/mol. The summed E-state index contributed by atoms with van der Waals surface area (Å²) in [5, 5.41) is 3.15. The Morgan fingerprint density at radius 1 is 1.35 bits per heavy atom. The molecule has 0 fully saturated rings. The summed E-state index contributed by atoms with van der Waals surface area (Å²) >= 11 is 0. The fraction of sp³-hybridized carbons (Fsp3) is 0.417. The molecule has 2 rings (SSSR count). The second-order valence-corrected chi connectivity index (χ2v) is 3.80. The van der Waals surface area contributed by atoms with Crippen LogP contribution in [-0.2, 0) is 22.5 Å². The number of esters is 1. The molecule has 1 aliphatic rings. The molecule has 1 aromatic carbocycles. The molecule has 0 saturated heterocycles. The molecule has 17 heavy (non-hydrogen) atoms. The van der Waals surface area contributed by atoms with E-state index in [1.807, 2.05) is 18.2 Å². The average Bonchev–Trinajstić information content (AvgIpc) is 2.36. The standard InChI is InChI=1S/C12H15NO3.ClH/c1-15-10-4-3-8-6-11(12(14)16-2)13-7-9(8)5-10;/h3-5,11,13H,6-7H2,1-2H3;1H. The molecule has 5 heteroatoms. The van der Waals surface area contributed by atoms with Crippen molar-refractivity contribution in [1.29, 1.82) is 0 Å². The number of rotatable bonds is 2. The molecule has 0 amide bonds. The van der Waals surface area contributed by atoms with E-state index in [0.717, 1.165) is 5.75 Å². The van der Waals surface area contributed by atoms with Crippen molar-refractivity contribution < 1.29 is 14.3 Å². The second-order valence-electron chi connectivity index (χ2n) is 3.80. The normalized spacial score (nSPS) is 17.6. The first-order chi connectivity index (χ1) is 7.74. The zero-order valence-electron chi connectivity index (χ0n) is 9.86. The molecule has 0 aliphatic carbocycles. The first kappa shape index (κ1) is 13.8. The van der Waals surface area contributed by atoms with Crippen LogP contribution < -0.4 is 10.1 Å². The summed E-state index contributed by atoms with van der Waals surface area (Å²) < 4.78 is 9.88. The molecule has 94 valence electrons. The topological polar surface area (TPSA) is 47.6 Å². The first-order valence-corrected chi connectivity index (χ1v) is 5.21. The largest absolute Gasteiger partial charge is 0.497 e. The highest BCUT2D eigenvalue weighted by Crippen LogP contribution is 2.22. The Morgan fingerprint density at radius 2 is 2.12 bits per heavy atom. The molecule has 1 heterocycles. The van der Waals surface area contributed by atoms with Crippen LogP contribution in [-0.4, -0.2) is 26.2 Å². The third-order valence-corrected chi connectivity index (χ3v) is 2.86. The molecule has 4 nitrogen and oxygen atoms in total. The van der Waals surface area contributed by atoms with Gasteiger partial charge in [0.15, 0.2) is 0 Å². The van der Waals surface area contributed by atoms with Crippen molar-refractivity contribution in [3.63, 3.8) is 0 Å². The van der Waals surface area contributed by atoms with Gasteiger partial charge < -0.3 is 14.8 Å². The number of nitrogens with one attached hydrogen (secondary N) is 1. The third kappa shape index (κ3) is 2.90. The molecule has 0 spiro atoms. The van der Waals surface area contributed by atoms with Crippen molar-refractivity contribution in [3.8, 4) is 5.75 Å². The highest BCUT2D eigenvalue weighted by atomic mass is 35.5. The van der Waals surface area contributed by atoms with E-state index in [4.69, 9.17) is 9.47 Å². The van der Waals surface area contributed by atoms with Crippen molar-refractivity contribution in [2.75, 3.05) is 14.2 Å². The predicted molar refractivity (Wildman–Crippen MR) is 66.6 cm³/mol. The first-order valence-electron chi connectivity index (χ1n) is 5.21. The lowest BCUT2D eigenvalue weighted by Gasteiger charge is -2.24. The minimum absolute atomic E-state index is 0. The zero-order chi connectivity index (χ0) is 11.5. The number of methoxy groups -OCH3 is 2. The number of ether oxygens (including phenoxy) is 2. The number of fused-ring (bicyclic) bond motifs is 1. The van der Waals surface area contributed by atoms with E-state index in [1.165, 1.54) is 18.2 Å². The van der Waals surface area contributed by atoms with Gasteiger partial charge in [-0.3, -0.25) is 4.79 Å². The highest BCUT2D eigenvalue weighted by molar-refractivity contribution is 5.85. The summed E-state index contributed by atoms with van der Waals surface area (Å²) in [5.41, 5.74) is 2.36. The number of halogens is 1. The lowest BCUT2D eigenvalue weighted by Crippen LogP contribution is -2.42. The van der Waals surface area contributed by atoms with Gasteiger partial charge in [0.1, 0.15) is 11.8 Å². The Labute approximate surface area is 107 Å². The number of carbonyl (C=O) groups excluding carboxylic acids is 1. The van der Waals surface area contributed by atoms with Gasteiger partial charge in [-0.1, -0.05) is 6.07 Å². The zero-order valence-corrected chi connectivity index (χ0v) is 10.7. The van der Waals surface area contributed by atoms with Crippen molar-refractivity contribution >= 4 is 18.4 Å². The summed E-state index contributed by atoms with van der Waals surface area (Å²) in [6, 6.07) is 5.69. The van der Waals surface area contributed by atoms with Crippen LogP contribution in [0.25, 0.3) is 0 Å². The maximum absolute atomic E-state index is 11.4. The van der Waals surface area contributed by atoms with E-state index in [9.17, 15) is 4.79 Å². The molecule has 0 bridgehead atoms. The maximum Gasteiger partial charge on any atom is 0.323 e. The maximum atomic E-state index is 11.4. The average molecular weight is 258 g/mol. The van der Waals surface area contributed by atoms with E-state index < -0.39 is 0 Å². The van der Waals surface area contributed by atoms with Crippen LogP contribution >= 0.6 is 12.4 Å². The van der Waals surface area contributed by atoms with Crippen LogP contribution in [0.1, 0.15) is 11.1 Å². The summed E-state index contributed by atoms with van der Waals surface area (Å²) in [6.07, 6.45) is 0.673.